The monoisotopic (exact) mass is 376 g/mol. The van der Waals surface area contributed by atoms with Crippen LogP contribution in [0.15, 0.2) is 26.7 Å². The fourth-order valence-corrected chi connectivity index (χ4v) is 4.82. The van der Waals surface area contributed by atoms with Crippen LogP contribution in [0.3, 0.4) is 0 Å². The highest BCUT2D eigenvalue weighted by Crippen LogP contribution is 2.33. The predicted octanol–water partition coefficient (Wildman–Crippen LogP) is 2.88. The second kappa shape index (κ2) is 6.57. The van der Waals surface area contributed by atoms with Crippen molar-refractivity contribution >= 4 is 28.6 Å². The minimum absolute atomic E-state index is 0.0275. The van der Waals surface area contributed by atoms with E-state index >= 15 is 0 Å². The molecule has 25 heavy (non-hydrogen) atoms. The lowest BCUT2D eigenvalue weighted by Crippen LogP contribution is -2.37. The van der Waals surface area contributed by atoms with E-state index in [4.69, 9.17) is 4.42 Å². The summed E-state index contributed by atoms with van der Waals surface area (Å²) in [7, 11) is 0. The quantitative estimate of drug-likeness (QED) is 0.759. The molecule has 4 heterocycles. The first-order chi connectivity index (χ1) is 12.1. The second-order valence-electron chi connectivity index (χ2n) is 5.93. The van der Waals surface area contributed by atoms with E-state index in [-0.39, 0.29) is 11.8 Å². The fraction of sp³-hybridized carbons (Fsp3) is 0.375. The Bertz CT molecular complexity index is 933. The van der Waals surface area contributed by atoms with Crippen LogP contribution < -0.4 is 5.76 Å². The lowest BCUT2D eigenvalue weighted by atomic mass is 9.96. The molecule has 4 rings (SSSR count). The van der Waals surface area contributed by atoms with Crippen LogP contribution in [0.2, 0.25) is 0 Å². The van der Waals surface area contributed by atoms with Crippen LogP contribution in [0.1, 0.15) is 40.0 Å². The van der Waals surface area contributed by atoms with Gasteiger partial charge < -0.3 is 9.32 Å². The highest BCUT2D eigenvalue weighted by Gasteiger charge is 2.29. The molecule has 0 unspecified atom stereocenters. The van der Waals surface area contributed by atoms with Crippen LogP contribution in [0.25, 0.3) is 9.88 Å². The van der Waals surface area contributed by atoms with Crippen LogP contribution >= 0.6 is 22.7 Å². The summed E-state index contributed by atoms with van der Waals surface area (Å²) in [6.07, 6.45) is 1.46. The summed E-state index contributed by atoms with van der Waals surface area (Å²) in [4.78, 5) is 32.1. The number of rotatable bonds is 3. The van der Waals surface area contributed by atoms with Gasteiger partial charge in [-0.1, -0.05) is 6.07 Å². The zero-order chi connectivity index (χ0) is 17.4. The minimum Gasteiger partial charge on any atom is -0.392 e. The molecule has 1 saturated heterocycles. The summed E-state index contributed by atoms with van der Waals surface area (Å²) in [6.45, 7) is 3.11. The van der Waals surface area contributed by atoms with Gasteiger partial charge in [-0.3, -0.25) is 4.79 Å². The Morgan fingerprint density at radius 1 is 1.40 bits per heavy atom. The molecule has 1 amide bonds. The largest absolute Gasteiger partial charge is 0.434 e. The molecule has 3 aromatic rings. The zero-order valence-corrected chi connectivity index (χ0v) is 15.2. The van der Waals surface area contributed by atoms with Crippen molar-refractivity contribution in [2.45, 2.75) is 25.7 Å². The molecule has 0 atom stereocenters. The molecule has 0 radical (unpaired) electrons. The number of nitrogens with one attached hydrogen (secondary N) is 1. The summed E-state index contributed by atoms with van der Waals surface area (Å²) in [5, 5.41) is 9.09. The van der Waals surface area contributed by atoms with Gasteiger partial charge in [-0.25, -0.2) is 14.9 Å². The topological polar surface area (TPSA) is 92.1 Å². The third-order valence-corrected chi connectivity index (χ3v) is 6.49. The summed E-state index contributed by atoms with van der Waals surface area (Å²) in [5.41, 5.74) is 0.777. The lowest BCUT2D eigenvalue weighted by Gasteiger charge is -2.30. The first kappa shape index (κ1) is 16.2. The van der Waals surface area contributed by atoms with Gasteiger partial charge in [0, 0.05) is 19.0 Å². The van der Waals surface area contributed by atoms with Gasteiger partial charge in [0.2, 0.25) is 5.89 Å². The van der Waals surface area contributed by atoms with Crippen molar-refractivity contribution < 1.29 is 9.21 Å². The number of thiophene rings is 1. The molecule has 3 aromatic heterocycles. The predicted molar refractivity (Wildman–Crippen MR) is 95.2 cm³/mol. The average molecular weight is 376 g/mol. The number of hydrogen-bond acceptors (Lipinski definition) is 7. The van der Waals surface area contributed by atoms with Crippen molar-refractivity contribution in [1.82, 2.24) is 20.1 Å². The Kier molecular flexibility index (Phi) is 4.26. The van der Waals surface area contributed by atoms with Gasteiger partial charge in [0.1, 0.15) is 9.88 Å². The van der Waals surface area contributed by atoms with E-state index in [2.05, 4.69) is 15.2 Å². The lowest BCUT2D eigenvalue weighted by molar-refractivity contribution is 0.0710. The first-order valence-corrected chi connectivity index (χ1v) is 9.67. The Labute approximate surface area is 151 Å². The number of nitrogens with zero attached hydrogens (tertiary/aromatic N) is 3. The number of carbonyl (C=O) groups is 1. The van der Waals surface area contributed by atoms with Gasteiger partial charge in [0.25, 0.3) is 5.91 Å². The molecule has 0 saturated carbocycles. The number of aryl methyl sites for hydroxylation is 1. The number of aromatic amines is 1. The number of amides is 1. The number of carbonyl (C=O) groups excluding carboxylic acids is 1. The van der Waals surface area contributed by atoms with Crippen molar-refractivity contribution in [1.29, 1.82) is 0 Å². The van der Waals surface area contributed by atoms with Crippen LogP contribution in [0.5, 0.6) is 0 Å². The average Bonchev–Trinajstić information content (AvgIpc) is 3.35. The standard InChI is InChI=1S/C16H16N4O3S2/c1-9-12(25-14(17-9)11-3-2-8-24-11)15(21)20-6-4-10(5-7-20)13-18-19-16(22)23-13/h2-3,8,10H,4-7H2,1H3,(H,19,22). The number of thiazole rings is 1. The van der Waals surface area contributed by atoms with E-state index in [1.54, 1.807) is 11.3 Å². The SMILES string of the molecule is Cc1nc(-c2cccs2)sc1C(=O)N1CCC(c2n[nH]c(=O)o2)CC1. The molecule has 130 valence electrons. The molecule has 0 bridgehead atoms. The maximum absolute atomic E-state index is 12.9. The maximum Gasteiger partial charge on any atom is 0.434 e. The van der Waals surface area contributed by atoms with E-state index in [1.165, 1.54) is 11.3 Å². The number of aromatic nitrogens is 3. The van der Waals surface area contributed by atoms with Gasteiger partial charge in [-0.15, -0.1) is 27.8 Å². The van der Waals surface area contributed by atoms with Gasteiger partial charge in [0.05, 0.1) is 10.6 Å². The first-order valence-electron chi connectivity index (χ1n) is 7.98. The van der Waals surface area contributed by atoms with Crippen molar-refractivity contribution in [3.8, 4) is 9.88 Å². The van der Waals surface area contributed by atoms with E-state index in [0.29, 0.717) is 23.9 Å². The Morgan fingerprint density at radius 2 is 2.20 bits per heavy atom. The smallest absolute Gasteiger partial charge is 0.392 e. The Balaban J connectivity index is 1.46. The summed E-state index contributed by atoms with van der Waals surface area (Å²) >= 11 is 3.07. The Hall–Kier alpha value is -2.26. The van der Waals surface area contributed by atoms with E-state index < -0.39 is 5.76 Å². The van der Waals surface area contributed by atoms with Gasteiger partial charge >= 0.3 is 5.76 Å². The fourth-order valence-electron chi connectivity index (χ4n) is 2.99. The molecule has 0 aromatic carbocycles. The third-order valence-electron chi connectivity index (χ3n) is 4.31. The van der Waals surface area contributed by atoms with E-state index in [1.807, 2.05) is 29.3 Å². The van der Waals surface area contributed by atoms with Crippen molar-refractivity contribution in [2.24, 2.45) is 0 Å². The molecule has 1 aliphatic rings. The molecule has 1 N–H and O–H groups in total. The number of likely N-dealkylation sites (tertiary alicyclic amines) is 1. The Morgan fingerprint density at radius 3 is 2.84 bits per heavy atom. The zero-order valence-electron chi connectivity index (χ0n) is 13.5. The van der Waals surface area contributed by atoms with E-state index in [9.17, 15) is 9.59 Å². The summed E-state index contributed by atoms with van der Waals surface area (Å²) < 4.78 is 5.03. The van der Waals surface area contributed by atoms with Gasteiger partial charge in [-0.05, 0) is 31.2 Å². The van der Waals surface area contributed by atoms with Crippen LogP contribution in [0.4, 0.5) is 0 Å². The van der Waals surface area contributed by atoms with Crippen molar-refractivity contribution in [2.75, 3.05) is 13.1 Å². The molecular weight excluding hydrogens is 360 g/mol. The van der Waals surface area contributed by atoms with Crippen molar-refractivity contribution in [3.63, 3.8) is 0 Å². The van der Waals surface area contributed by atoms with Crippen LogP contribution in [0, 0.1) is 6.92 Å². The minimum atomic E-state index is -0.533. The highest BCUT2D eigenvalue weighted by atomic mass is 32.1. The molecule has 1 aliphatic heterocycles. The van der Waals surface area contributed by atoms with E-state index in [0.717, 1.165) is 28.4 Å². The number of piperidine rings is 1. The summed E-state index contributed by atoms with van der Waals surface area (Å²) in [6, 6.07) is 4.00. The summed E-state index contributed by atoms with van der Waals surface area (Å²) in [5.74, 6) is 0.00734. The highest BCUT2D eigenvalue weighted by molar-refractivity contribution is 7.22. The number of H-pyrrole nitrogens is 1. The number of hydrogen-bond donors (Lipinski definition) is 1. The van der Waals surface area contributed by atoms with Gasteiger partial charge in [-0.2, -0.15) is 0 Å². The molecule has 0 spiro atoms. The third kappa shape index (κ3) is 3.16. The molecular formula is C16H16N4O3S2. The molecule has 7 nitrogen and oxygen atoms in total. The second-order valence-corrected chi connectivity index (χ2v) is 7.88. The molecule has 1 fully saturated rings. The van der Waals surface area contributed by atoms with Crippen LogP contribution in [-0.2, 0) is 0 Å². The van der Waals surface area contributed by atoms with Gasteiger partial charge in [0.15, 0.2) is 0 Å². The maximum atomic E-state index is 12.9. The molecule has 9 heteroatoms. The van der Waals surface area contributed by atoms with Crippen molar-refractivity contribution in [3.05, 3.63) is 44.5 Å². The molecule has 0 aliphatic carbocycles. The normalized spacial score (nSPS) is 15.6. The van der Waals surface area contributed by atoms with Crippen LogP contribution in [-0.4, -0.2) is 39.1 Å².